The van der Waals surface area contributed by atoms with Crippen LogP contribution in [0, 0.1) is 0 Å². The molecule has 0 radical (unpaired) electrons. The lowest BCUT2D eigenvalue weighted by molar-refractivity contribution is -0.895. The predicted octanol–water partition coefficient (Wildman–Crippen LogP) is 2.53. The highest BCUT2D eigenvalue weighted by Gasteiger charge is 2.31. The third kappa shape index (κ3) is 5.19. The number of piperazine rings is 1. The third-order valence-electron chi connectivity index (χ3n) is 5.58. The highest BCUT2D eigenvalue weighted by Crippen LogP contribution is 2.27. The van der Waals surface area contributed by atoms with Crippen LogP contribution in [0.25, 0.3) is 11.1 Å². The number of sulfonamides is 1. The van der Waals surface area contributed by atoms with Gasteiger partial charge in [-0.2, -0.15) is 4.31 Å². The van der Waals surface area contributed by atoms with Gasteiger partial charge in [-0.15, -0.1) is 0 Å². The van der Waals surface area contributed by atoms with Crippen molar-refractivity contribution in [1.82, 2.24) is 4.31 Å². The van der Waals surface area contributed by atoms with Crippen molar-refractivity contribution in [3.63, 3.8) is 0 Å². The van der Waals surface area contributed by atoms with Gasteiger partial charge in [-0.3, -0.25) is 4.79 Å². The summed E-state index contributed by atoms with van der Waals surface area (Å²) in [6, 6.07) is 23.8. The molecule has 0 aliphatic carbocycles. The molecular formula is C24H25ClN3O3S+. The summed E-state index contributed by atoms with van der Waals surface area (Å²) in [6.07, 6.45) is 0. The molecule has 3 aromatic carbocycles. The molecule has 3 aromatic rings. The van der Waals surface area contributed by atoms with E-state index in [2.05, 4.69) is 5.32 Å². The first-order chi connectivity index (χ1) is 15.4. The Kier molecular flexibility index (Phi) is 6.91. The Morgan fingerprint density at radius 1 is 0.906 bits per heavy atom. The summed E-state index contributed by atoms with van der Waals surface area (Å²) in [4.78, 5) is 14.0. The molecule has 0 atom stereocenters. The van der Waals surface area contributed by atoms with Crippen molar-refractivity contribution in [2.75, 3.05) is 38.0 Å². The van der Waals surface area contributed by atoms with Crippen molar-refractivity contribution >= 4 is 33.2 Å². The lowest BCUT2D eigenvalue weighted by Crippen LogP contribution is -3.15. The second-order valence-electron chi connectivity index (χ2n) is 7.74. The van der Waals surface area contributed by atoms with Crippen LogP contribution in [0.15, 0.2) is 83.8 Å². The lowest BCUT2D eigenvalue weighted by atomic mass is 10.0. The van der Waals surface area contributed by atoms with Crippen LogP contribution in [0.2, 0.25) is 5.02 Å². The van der Waals surface area contributed by atoms with Gasteiger partial charge in [-0.1, -0.05) is 60.1 Å². The van der Waals surface area contributed by atoms with Crippen molar-refractivity contribution in [3.8, 4) is 11.1 Å². The van der Waals surface area contributed by atoms with Gasteiger partial charge in [-0.25, -0.2) is 8.42 Å². The van der Waals surface area contributed by atoms with Gasteiger partial charge in [0, 0.05) is 16.3 Å². The Hall–Kier alpha value is -2.71. The molecule has 8 heteroatoms. The van der Waals surface area contributed by atoms with Crippen LogP contribution in [-0.4, -0.2) is 51.4 Å². The lowest BCUT2D eigenvalue weighted by Gasteiger charge is -2.31. The van der Waals surface area contributed by atoms with Crippen LogP contribution in [0.4, 0.5) is 5.69 Å². The number of amides is 1. The van der Waals surface area contributed by atoms with Gasteiger partial charge in [0.1, 0.15) is 0 Å². The first-order valence-corrected chi connectivity index (χ1v) is 12.3. The highest BCUT2D eigenvalue weighted by molar-refractivity contribution is 7.89. The second-order valence-corrected chi connectivity index (χ2v) is 10.1. The van der Waals surface area contributed by atoms with E-state index in [1.165, 1.54) is 16.4 Å². The van der Waals surface area contributed by atoms with E-state index in [4.69, 9.17) is 11.6 Å². The van der Waals surface area contributed by atoms with E-state index in [1.807, 2.05) is 54.6 Å². The molecule has 1 aliphatic rings. The summed E-state index contributed by atoms with van der Waals surface area (Å²) in [5, 5.41) is 3.52. The largest absolute Gasteiger partial charge is 0.325 e. The fourth-order valence-electron chi connectivity index (χ4n) is 3.86. The molecule has 4 rings (SSSR count). The molecule has 6 nitrogen and oxygen atoms in total. The van der Waals surface area contributed by atoms with E-state index in [0.29, 0.717) is 31.2 Å². The van der Waals surface area contributed by atoms with Crippen LogP contribution in [0.3, 0.4) is 0 Å². The molecule has 2 N–H and O–H groups in total. The minimum atomic E-state index is -3.55. The maximum absolute atomic E-state index is 12.8. The number of anilines is 1. The zero-order valence-electron chi connectivity index (χ0n) is 17.5. The summed E-state index contributed by atoms with van der Waals surface area (Å²) in [5.41, 5.74) is 2.78. The van der Waals surface area contributed by atoms with E-state index >= 15 is 0 Å². The van der Waals surface area contributed by atoms with Gasteiger partial charge >= 0.3 is 0 Å². The van der Waals surface area contributed by atoms with Crippen LogP contribution in [0.1, 0.15) is 0 Å². The number of nitrogens with zero attached hydrogens (tertiary/aromatic N) is 1. The number of quaternary nitrogens is 1. The quantitative estimate of drug-likeness (QED) is 0.581. The van der Waals surface area contributed by atoms with E-state index in [-0.39, 0.29) is 17.3 Å². The summed E-state index contributed by atoms with van der Waals surface area (Å²) < 4.78 is 27.1. The third-order valence-corrected chi connectivity index (χ3v) is 7.74. The van der Waals surface area contributed by atoms with E-state index in [0.717, 1.165) is 21.7 Å². The van der Waals surface area contributed by atoms with Crippen LogP contribution < -0.4 is 10.2 Å². The number of hydrogen-bond donors (Lipinski definition) is 2. The summed E-state index contributed by atoms with van der Waals surface area (Å²) in [6.45, 7) is 2.17. The van der Waals surface area contributed by atoms with Crippen molar-refractivity contribution in [1.29, 1.82) is 0 Å². The van der Waals surface area contributed by atoms with Crippen molar-refractivity contribution in [2.24, 2.45) is 0 Å². The molecule has 0 saturated carbocycles. The number of carbonyl (C=O) groups excluding carboxylic acids is 1. The zero-order valence-corrected chi connectivity index (χ0v) is 19.1. The molecular weight excluding hydrogens is 446 g/mol. The Labute approximate surface area is 193 Å². The SMILES string of the molecule is O=C(C[NH+]1CCN(S(=O)(=O)c2ccc(Cl)cc2)CC1)Nc1ccccc1-c1ccccc1. The topological polar surface area (TPSA) is 70.9 Å². The number of para-hydroxylation sites is 1. The summed E-state index contributed by atoms with van der Waals surface area (Å²) in [7, 11) is -3.55. The van der Waals surface area contributed by atoms with Gasteiger partial charge in [0.25, 0.3) is 5.91 Å². The smallest absolute Gasteiger partial charge is 0.279 e. The number of carbonyl (C=O) groups is 1. The average Bonchev–Trinajstić information content (AvgIpc) is 2.80. The number of hydrogen-bond acceptors (Lipinski definition) is 3. The highest BCUT2D eigenvalue weighted by atomic mass is 35.5. The van der Waals surface area contributed by atoms with E-state index < -0.39 is 10.0 Å². The molecule has 0 aromatic heterocycles. The zero-order chi connectivity index (χ0) is 22.6. The fourth-order valence-corrected chi connectivity index (χ4v) is 5.43. The fraction of sp³-hybridized carbons (Fsp3) is 0.208. The molecule has 0 bridgehead atoms. The molecule has 1 heterocycles. The van der Waals surface area contributed by atoms with E-state index in [1.54, 1.807) is 12.1 Å². The predicted molar refractivity (Wildman–Crippen MR) is 126 cm³/mol. The standard InChI is InChI=1S/C24H24ClN3O3S/c25-20-10-12-21(13-11-20)32(30,31)28-16-14-27(15-17-28)18-24(29)26-23-9-5-4-8-22(23)19-6-2-1-3-7-19/h1-13H,14-18H2,(H,26,29)/p+1. The Balaban J connectivity index is 1.35. The van der Waals surface area contributed by atoms with Gasteiger partial charge in [0.2, 0.25) is 10.0 Å². The van der Waals surface area contributed by atoms with Gasteiger partial charge < -0.3 is 10.2 Å². The summed E-state index contributed by atoms with van der Waals surface area (Å²) in [5.74, 6) is -0.0858. The van der Waals surface area contributed by atoms with Gasteiger partial charge in [-0.05, 0) is 35.9 Å². The maximum atomic E-state index is 12.8. The Morgan fingerprint density at radius 3 is 2.22 bits per heavy atom. The maximum Gasteiger partial charge on any atom is 0.279 e. The van der Waals surface area contributed by atoms with Gasteiger partial charge in [0.05, 0.1) is 31.1 Å². The van der Waals surface area contributed by atoms with Crippen molar-refractivity contribution < 1.29 is 18.1 Å². The first kappa shape index (κ1) is 22.5. The average molecular weight is 471 g/mol. The van der Waals surface area contributed by atoms with Crippen molar-refractivity contribution in [3.05, 3.63) is 83.9 Å². The summed E-state index contributed by atoms with van der Waals surface area (Å²) >= 11 is 5.87. The van der Waals surface area contributed by atoms with Crippen LogP contribution in [0.5, 0.6) is 0 Å². The van der Waals surface area contributed by atoms with Crippen LogP contribution in [-0.2, 0) is 14.8 Å². The molecule has 0 spiro atoms. The van der Waals surface area contributed by atoms with Crippen LogP contribution >= 0.6 is 11.6 Å². The molecule has 32 heavy (non-hydrogen) atoms. The number of rotatable bonds is 6. The Morgan fingerprint density at radius 2 is 1.53 bits per heavy atom. The molecule has 1 fully saturated rings. The molecule has 1 amide bonds. The second kappa shape index (κ2) is 9.83. The molecule has 166 valence electrons. The normalized spacial score (nSPS) is 15.4. The monoisotopic (exact) mass is 470 g/mol. The molecule has 1 saturated heterocycles. The van der Waals surface area contributed by atoms with E-state index in [9.17, 15) is 13.2 Å². The minimum absolute atomic E-state index is 0.0858. The number of benzene rings is 3. The molecule has 0 unspecified atom stereocenters. The number of halogens is 1. The Bertz CT molecular complexity index is 1180. The minimum Gasteiger partial charge on any atom is -0.325 e. The first-order valence-electron chi connectivity index (χ1n) is 10.5. The van der Waals surface area contributed by atoms with Gasteiger partial charge in [0.15, 0.2) is 6.54 Å². The molecule has 1 aliphatic heterocycles. The number of nitrogens with one attached hydrogen (secondary N) is 2. The van der Waals surface area contributed by atoms with Crippen molar-refractivity contribution in [2.45, 2.75) is 4.90 Å².